The Morgan fingerprint density at radius 2 is 1.67 bits per heavy atom. The average molecular weight is 466 g/mol. The van der Waals surface area contributed by atoms with Crippen molar-refractivity contribution >= 4 is 29.2 Å². The lowest BCUT2D eigenvalue weighted by Crippen LogP contribution is -2.16. The second-order valence-electron chi connectivity index (χ2n) is 5.55. The van der Waals surface area contributed by atoms with E-state index < -0.39 is 25.1 Å². The summed E-state index contributed by atoms with van der Waals surface area (Å²) in [5, 5.41) is 2.91. The van der Waals surface area contributed by atoms with Crippen LogP contribution in [0.25, 0.3) is 0 Å². The predicted octanol–water partition coefficient (Wildman–Crippen LogP) is 6.84. The Kier molecular flexibility index (Phi) is 7.51. The summed E-state index contributed by atoms with van der Waals surface area (Å²) in [6.45, 7) is 3.62. The van der Waals surface area contributed by atoms with Crippen LogP contribution in [0.1, 0.15) is 30.8 Å². The van der Waals surface area contributed by atoms with E-state index in [0.717, 1.165) is 16.6 Å². The molecule has 0 unspecified atom stereocenters. The lowest BCUT2D eigenvalue weighted by molar-refractivity contribution is -0.137. The molecular weight excluding hydrogens is 446 g/mol. The third-order valence-electron chi connectivity index (χ3n) is 3.61. The van der Waals surface area contributed by atoms with E-state index in [-0.39, 0.29) is 18.9 Å². The number of nitrogens with one attached hydrogen (secondary N) is 1. The van der Waals surface area contributed by atoms with Gasteiger partial charge in [0.15, 0.2) is 5.78 Å². The highest BCUT2D eigenvalue weighted by atomic mass is 79.9. The minimum Gasteiger partial charge on any atom is -0.368 e. The molecule has 148 valence electrons. The number of rotatable bonds is 8. The molecule has 1 N–H and O–H groups in total. The first-order chi connectivity index (χ1) is 12.7. The summed E-state index contributed by atoms with van der Waals surface area (Å²) in [5.41, 5.74) is -0.0667. The van der Waals surface area contributed by atoms with Gasteiger partial charge in [-0.15, -0.1) is 0 Å². The maximum Gasteiger partial charge on any atom is 0.416 e. The molecule has 0 aliphatic rings. The van der Waals surface area contributed by atoms with Gasteiger partial charge >= 0.3 is 13.8 Å². The number of alkyl halides is 3. The fourth-order valence-electron chi connectivity index (χ4n) is 2.48. The third-order valence-corrected chi connectivity index (χ3v) is 6.44. The minimum atomic E-state index is -4.48. The second-order valence-corrected chi connectivity index (χ2v) is 8.58. The summed E-state index contributed by atoms with van der Waals surface area (Å²) in [6.07, 6.45) is -4.48. The normalized spacial score (nSPS) is 13.4. The van der Waals surface area contributed by atoms with E-state index in [9.17, 15) is 17.7 Å². The van der Waals surface area contributed by atoms with Crippen molar-refractivity contribution in [2.45, 2.75) is 25.8 Å². The molecule has 0 heterocycles. The Bertz CT molecular complexity index is 789. The highest BCUT2D eigenvalue weighted by Gasteiger charge is 2.37. The van der Waals surface area contributed by atoms with E-state index >= 15 is 0 Å². The molecule has 0 aliphatic heterocycles. The standard InChI is InChI=1S/C18H20BrF3NO3P/c1-3-25-27(24,26-4-2)17(13-8-10-15(19)11-9-13)23-16-7-5-6-14(12-16)18(20,21)22/h5-12,17,23H,3-4H2,1-2H3/t17-/m1/s1. The predicted molar refractivity (Wildman–Crippen MR) is 103 cm³/mol. The van der Waals surface area contributed by atoms with Crippen molar-refractivity contribution in [1.29, 1.82) is 0 Å². The van der Waals surface area contributed by atoms with Gasteiger partial charge in [0.25, 0.3) is 0 Å². The Labute approximate surface area is 164 Å². The van der Waals surface area contributed by atoms with Crippen LogP contribution in [0.5, 0.6) is 0 Å². The largest absolute Gasteiger partial charge is 0.416 e. The van der Waals surface area contributed by atoms with E-state index in [1.165, 1.54) is 12.1 Å². The molecule has 1 atom stereocenters. The Morgan fingerprint density at radius 1 is 1.07 bits per heavy atom. The molecule has 2 rings (SSSR count). The first-order valence-electron chi connectivity index (χ1n) is 8.27. The monoisotopic (exact) mass is 465 g/mol. The molecule has 2 aromatic carbocycles. The number of benzene rings is 2. The van der Waals surface area contributed by atoms with Gasteiger partial charge in [-0.25, -0.2) is 0 Å². The van der Waals surface area contributed by atoms with E-state index in [2.05, 4.69) is 21.2 Å². The fraction of sp³-hybridized carbons (Fsp3) is 0.333. The maximum atomic E-state index is 13.3. The summed E-state index contributed by atoms with van der Waals surface area (Å²) < 4.78 is 64.0. The molecule has 0 amide bonds. The number of halogens is 4. The van der Waals surface area contributed by atoms with Crippen LogP contribution in [0.3, 0.4) is 0 Å². The SMILES string of the molecule is CCOP(=O)(OCC)[C@@H](Nc1cccc(C(F)(F)F)c1)c1ccc(Br)cc1. The highest BCUT2D eigenvalue weighted by molar-refractivity contribution is 9.10. The van der Waals surface area contributed by atoms with E-state index in [4.69, 9.17) is 9.05 Å². The maximum absolute atomic E-state index is 13.3. The van der Waals surface area contributed by atoms with Crippen molar-refractivity contribution < 1.29 is 26.8 Å². The number of anilines is 1. The Morgan fingerprint density at radius 3 is 2.19 bits per heavy atom. The topological polar surface area (TPSA) is 47.6 Å². The van der Waals surface area contributed by atoms with Crippen molar-refractivity contribution in [3.05, 3.63) is 64.1 Å². The van der Waals surface area contributed by atoms with Gasteiger partial charge in [0, 0.05) is 10.2 Å². The molecule has 0 radical (unpaired) electrons. The summed E-state index contributed by atoms with van der Waals surface area (Å²) >= 11 is 3.33. The molecule has 0 aliphatic carbocycles. The van der Waals surface area contributed by atoms with Gasteiger partial charge in [-0.05, 0) is 49.7 Å². The zero-order valence-corrected chi connectivity index (χ0v) is 17.3. The van der Waals surface area contributed by atoms with Crippen LogP contribution in [0.4, 0.5) is 18.9 Å². The van der Waals surface area contributed by atoms with Gasteiger partial charge in [-0.1, -0.05) is 34.1 Å². The average Bonchev–Trinajstić information content (AvgIpc) is 2.60. The summed E-state index contributed by atoms with van der Waals surface area (Å²) in [4.78, 5) is 0. The van der Waals surface area contributed by atoms with Crippen LogP contribution in [0.2, 0.25) is 0 Å². The first-order valence-corrected chi connectivity index (χ1v) is 10.7. The molecule has 27 heavy (non-hydrogen) atoms. The zero-order valence-electron chi connectivity index (χ0n) is 14.8. The molecule has 0 saturated heterocycles. The van der Waals surface area contributed by atoms with Crippen molar-refractivity contribution in [1.82, 2.24) is 0 Å². The van der Waals surface area contributed by atoms with Crippen molar-refractivity contribution in [2.24, 2.45) is 0 Å². The minimum absolute atomic E-state index is 0.134. The van der Waals surface area contributed by atoms with Gasteiger partial charge < -0.3 is 14.4 Å². The smallest absolute Gasteiger partial charge is 0.368 e. The van der Waals surface area contributed by atoms with E-state index in [0.29, 0.717) is 5.56 Å². The molecular formula is C18H20BrF3NO3P. The van der Waals surface area contributed by atoms with Crippen LogP contribution < -0.4 is 5.32 Å². The van der Waals surface area contributed by atoms with Gasteiger partial charge in [-0.3, -0.25) is 4.57 Å². The van der Waals surface area contributed by atoms with Crippen molar-refractivity contribution in [3.63, 3.8) is 0 Å². The van der Waals surface area contributed by atoms with Gasteiger partial charge in [0.2, 0.25) is 0 Å². The lowest BCUT2D eigenvalue weighted by Gasteiger charge is -2.28. The van der Waals surface area contributed by atoms with Gasteiger partial charge in [0.05, 0.1) is 18.8 Å². The Hall–Kier alpha value is -1.34. The Balaban J connectivity index is 2.47. The third kappa shape index (κ3) is 5.82. The van der Waals surface area contributed by atoms with Crippen LogP contribution in [-0.2, 0) is 19.8 Å². The van der Waals surface area contributed by atoms with E-state index in [1.54, 1.807) is 38.1 Å². The van der Waals surface area contributed by atoms with Crippen LogP contribution >= 0.6 is 23.5 Å². The summed E-state index contributed by atoms with van der Waals surface area (Å²) in [5.74, 6) is -0.964. The highest BCUT2D eigenvalue weighted by Crippen LogP contribution is 2.60. The van der Waals surface area contributed by atoms with Crippen LogP contribution in [-0.4, -0.2) is 13.2 Å². The molecule has 0 bridgehead atoms. The second kappa shape index (κ2) is 9.24. The van der Waals surface area contributed by atoms with Crippen LogP contribution in [0.15, 0.2) is 53.0 Å². The first kappa shape index (κ1) is 22.0. The molecule has 0 spiro atoms. The van der Waals surface area contributed by atoms with Crippen molar-refractivity contribution in [2.75, 3.05) is 18.5 Å². The lowest BCUT2D eigenvalue weighted by atomic mass is 10.1. The fourth-order valence-corrected chi connectivity index (χ4v) is 4.68. The number of hydrogen-bond donors (Lipinski definition) is 1. The molecule has 0 saturated carbocycles. The zero-order chi connectivity index (χ0) is 20.1. The van der Waals surface area contributed by atoms with Crippen molar-refractivity contribution in [3.8, 4) is 0 Å². The molecule has 0 aromatic heterocycles. The number of hydrogen-bond acceptors (Lipinski definition) is 4. The quantitative estimate of drug-likeness (QED) is 0.433. The van der Waals surface area contributed by atoms with E-state index in [1.807, 2.05) is 0 Å². The molecule has 4 nitrogen and oxygen atoms in total. The van der Waals surface area contributed by atoms with Crippen LogP contribution in [0, 0.1) is 0 Å². The summed E-state index contributed by atoms with van der Waals surface area (Å²) in [6, 6.07) is 11.6. The molecule has 9 heteroatoms. The van der Waals surface area contributed by atoms with Gasteiger partial charge in [-0.2, -0.15) is 13.2 Å². The molecule has 2 aromatic rings. The molecule has 0 fully saturated rings. The summed E-state index contributed by atoms with van der Waals surface area (Å²) in [7, 11) is -3.70. The van der Waals surface area contributed by atoms with Gasteiger partial charge in [0.1, 0.15) is 0 Å².